The summed E-state index contributed by atoms with van der Waals surface area (Å²) in [5.41, 5.74) is 0.453. The maximum atomic E-state index is 13.5. The van der Waals surface area contributed by atoms with Gasteiger partial charge in [0.1, 0.15) is 6.42 Å². The van der Waals surface area contributed by atoms with Crippen LogP contribution in [0.5, 0.6) is 0 Å². The van der Waals surface area contributed by atoms with E-state index >= 15 is 0 Å². The van der Waals surface area contributed by atoms with Gasteiger partial charge in [-0.3, -0.25) is 9.59 Å². The Labute approximate surface area is 215 Å². The lowest BCUT2D eigenvalue weighted by molar-refractivity contribution is -0.138. The first kappa shape index (κ1) is 27.2. The Morgan fingerprint density at radius 2 is 1.92 bits per heavy atom. The minimum Gasteiger partial charge on any atom is -0.381 e. The molecule has 3 aliphatic rings. The van der Waals surface area contributed by atoms with Gasteiger partial charge in [-0.15, -0.1) is 0 Å². The molecule has 4 rings (SSSR count). The number of hydrogen-bond acceptors (Lipinski definition) is 5. The molecule has 2 aliphatic heterocycles. The fourth-order valence-corrected chi connectivity index (χ4v) is 5.33. The Morgan fingerprint density at radius 3 is 2.62 bits per heavy atom. The van der Waals surface area contributed by atoms with Crippen molar-refractivity contribution in [2.45, 2.75) is 50.1 Å². The van der Waals surface area contributed by atoms with Crippen molar-refractivity contribution in [2.75, 3.05) is 39.0 Å². The molecule has 3 N–H and O–H groups in total. The number of nitrogens with zero attached hydrogens (tertiary/aromatic N) is 1. The summed E-state index contributed by atoms with van der Waals surface area (Å²) < 4.78 is 46.9. The van der Waals surface area contributed by atoms with E-state index in [1.165, 1.54) is 12.1 Å². The Bertz CT molecular complexity index is 1040. The third-order valence-electron chi connectivity index (χ3n) is 7.22. The topological polar surface area (TPSA) is 82.7 Å². The SMILES string of the molecule is CN(C)CCNC(=O)CC(=O)NC[C@H]1CC[C@@H]2[C@H](O1)c1cc(C(F)(F)F)ccc1N[C@H]2C1C=CC=CC1. The zero-order valence-electron chi connectivity index (χ0n) is 21.2. The van der Waals surface area contributed by atoms with Gasteiger partial charge in [0.2, 0.25) is 11.8 Å². The standard InChI is InChI=1S/C27H35F3N4O3/c1-34(2)13-12-31-23(35)15-24(36)32-16-19-9-10-20-25(17-6-4-3-5-7-17)33-22-11-8-18(27(28,29)30)14-21(22)26(20)37-19/h3-6,8,11,14,17,19-20,25-26,33H,7,9-10,12-13,15-16H2,1-2H3,(H,31,35)(H,32,36)/t17?,19-,20+,25+,26+/m1/s1. The average Bonchev–Trinajstić information content (AvgIpc) is 2.86. The van der Waals surface area contributed by atoms with Gasteiger partial charge in [0, 0.05) is 48.8 Å². The number of carbonyl (C=O) groups excluding carboxylic acids is 2. The summed E-state index contributed by atoms with van der Waals surface area (Å²) in [4.78, 5) is 26.2. The van der Waals surface area contributed by atoms with Crippen LogP contribution in [-0.2, 0) is 20.5 Å². The molecule has 0 spiro atoms. The van der Waals surface area contributed by atoms with Crippen molar-refractivity contribution < 1.29 is 27.5 Å². The number of anilines is 1. The van der Waals surface area contributed by atoms with E-state index in [9.17, 15) is 22.8 Å². The molecule has 1 aliphatic carbocycles. The predicted octanol–water partition coefficient (Wildman–Crippen LogP) is 3.65. The minimum atomic E-state index is -4.45. The number of hydrogen-bond donors (Lipinski definition) is 3. The van der Waals surface area contributed by atoms with Crippen LogP contribution in [0.3, 0.4) is 0 Å². The van der Waals surface area contributed by atoms with Crippen molar-refractivity contribution >= 4 is 17.5 Å². The first-order valence-corrected chi connectivity index (χ1v) is 12.8. The number of nitrogens with one attached hydrogen (secondary N) is 3. The number of carbonyl (C=O) groups is 2. The van der Waals surface area contributed by atoms with E-state index in [0.717, 1.165) is 18.9 Å². The monoisotopic (exact) mass is 520 g/mol. The number of likely N-dealkylation sites (N-methyl/N-ethyl adjacent to an activating group) is 1. The molecule has 1 unspecified atom stereocenters. The Morgan fingerprint density at radius 1 is 1.14 bits per heavy atom. The van der Waals surface area contributed by atoms with Crippen molar-refractivity contribution in [1.82, 2.24) is 15.5 Å². The van der Waals surface area contributed by atoms with Crippen LogP contribution in [0, 0.1) is 11.8 Å². The third kappa shape index (κ3) is 6.93. The van der Waals surface area contributed by atoms with Gasteiger partial charge >= 0.3 is 6.18 Å². The number of ether oxygens (including phenoxy) is 1. The van der Waals surface area contributed by atoms with Crippen LogP contribution in [0.2, 0.25) is 0 Å². The van der Waals surface area contributed by atoms with E-state index in [4.69, 9.17) is 4.74 Å². The zero-order chi connectivity index (χ0) is 26.6. The number of benzene rings is 1. The van der Waals surface area contributed by atoms with Crippen molar-refractivity contribution in [3.05, 3.63) is 53.6 Å². The molecule has 10 heteroatoms. The normalized spacial score (nSPS) is 26.7. The molecule has 1 fully saturated rings. The van der Waals surface area contributed by atoms with Crippen molar-refractivity contribution in [3.63, 3.8) is 0 Å². The summed E-state index contributed by atoms with van der Waals surface area (Å²) in [6.45, 7) is 1.33. The summed E-state index contributed by atoms with van der Waals surface area (Å²) in [6, 6.07) is 3.81. The number of allylic oxidation sites excluding steroid dienone is 3. The highest BCUT2D eigenvalue weighted by atomic mass is 19.4. The Kier molecular flexibility index (Phi) is 8.59. The van der Waals surface area contributed by atoms with E-state index in [1.54, 1.807) is 0 Å². The van der Waals surface area contributed by atoms with E-state index < -0.39 is 23.8 Å². The maximum absolute atomic E-state index is 13.5. The Balaban J connectivity index is 1.43. The molecule has 7 nitrogen and oxygen atoms in total. The smallest absolute Gasteiger partial charge is 0.381 e. The van der Waals surface area contributed by atoms with Gasteiger partial charge < -0.3 is 25.6 Å². The first-order valence-electron chi connectivity index (χ1n) is 12.8. The minimum absolute atomic E-state index is 0.00781. The highest BCUT2D eigenvalue weighted by Gasteiger charge is 2.45. The molecule has 202 valence electrons. The van der Waals surface area contributed by atoms with Gasteiger partial charge in [0.15, 0.2) is 0 Å². The molecule has 0 aromatic heterocycles. The van der Waals surface area contributed by atoms with Gasteiger partial charge in [-0.1, -0.05) is 24.3 Å². The van der Waals surface area contributed by atoms with E-state index in [-0.39, 0.29) is 42.9 Å². The fraction of sp³-hybridized carbons (Fsp3) is 0.556. The summed E-state index contributed by atoms with van der Waals surface area (Å²) >= 11 is 0. The van der Waals surface area contributed by atoms with Crippen molar-refractivity contribution in [2.24, 2.45) is 11.8 Å². The molecule has 1 saturated heterocycles. The van der Waals surface area contributed by atoms with Crippen LogP contribution in [0.15, 0.2) is 42.5 Å². The molecule has 0 radical (unpaired) electrons. The molecule has 0 bridgehead atoms. The van der Waals surface area contributed by atoms with Crippen molar-refractivity contribution in [1.29, 1.82) is 0 Å². The summed E-state index contributed by atoms with van der Waals surface area (Å²) in [5, 5.41) is 8.97. The average molecular weight is 521 g/mol. The van der Waals surface area contributed by atoms with Gasteiger partial charge in [-0.25, -0.2) is 0 Å². The van der Waals surface area contributed by atoms with Gasteiger partial charge in [-0.05, 0) is 51.6 Å². The second kappa shape index (κ2) is 11.7. The molecule has 2 heterocycles. The molecular formula is C27H35F3N4O3. The second-order valence-electron chi connectivity index (χ2n) is 10.2. The van der Waals surface area contributed by atoms with Crippen LogP contribution < -0.4 is 16.0 Å². The number of halogens is 3. The zero-order valence-corrected chi connectivity index (χ0v) is 21.2. The molecule has 2 amide bonds. The number of amides is 2. The lowest BCUT2D eigenvalue weighted by atomic mass is 9.73. The largest absolute Gasteiger partial charge is 0.416 e. The third-order valence-corrected chi connectivity index (χ3v) is 7.22. The number of fused-ring (bicyclic) bond motifs is 3. The predicted molar refractivity (Wildman–Crippen MR) is 135 cm³/mol. The maximum Gasteiger partial charge on any atom is 0.416 e. The molecule has 1 aromatic rings. The summed E-state index contributed by atoms with van der Waals surface area (Å²) in [7, 11) is 3.78. The molecular weight excluding hydrogens is 485 g/mol. The van der Waals surface area contributed by atoms with Crippen LogP contribution >= 0.6 is 0 Å². The lowest BCUT2D eigenvalue weighted by Crippen LogP contribution is -2.48. The highest BCUT2D eigenvalue weighted by molar-refractivity contribution is 5.96. The molecule has 1 aromatic carbocycles. The van der Waals surface area contributed by atoms with Crippen molar-refractivity contribution in [3.8, 4) is 0 Å². The first-order chi connectivity index (χ1) is 17.6. The quantitative estimate of drug-likeness (QED) is 0.456. The lowest BCUT2D eigenvalue weighted by Gasteiger charge is -2.47. The number of alkyl halides is 3. The van der Waals surface area contributed by atoms with Gasteiger partial charge in [-0.2, -0.15) is 13.2 Å². The fourth-order valence-electron chi connectivity index (χ4n) is 5.33. The van der Waals surface area contributed by atoms with E-state index in [2.05, 4.69) is 28.1 Å². The molecule has 0 saturated carbocycles. The van der Waals surface area contributed by atoms with Crippen LogP contribution in [0.25, 0.3) is 0 Å². The summed E-state index contributed by atoms with van der Waals surface area (Å²) in [6.07, 6.45) is 4.89. The second-order valence-corrected chi connectivity index (χ2v) is 10.2. The summed E-state index contributed by atoms with van der Waals surface area (Å²) in [5.74, 6) is -0.561. The van der Waals surface area contributed by atoms with E-state index in [1.807, 2.05) is 31.1 Å². The van der Waals surface area contributed by atoms with Gasteiger partial charge in [0.05, 0.1) is 17.8 Å². The van der Waals surface area contributed by atoms with Gasteiger partial charge in [0.25, 0.3) is 0 Å². The molecule has 37 heavy (non-hydrogen) atoms. The van der Waals surface area contributed by atoms with E-state index in [0.29, 0.717) is 30.8 Å². The molecule has 5 atom stereocenters. The highest BCUT2D eigenvalue weighted by Crippen LogP contribution is 2.49. The Hall–Kier alpha value is -2.85. The number of rotatable bonds is 8. The van der Waals surface area contributed by atoms with Crippen LogP contribution in [0.4, 0.5) is 18.9 Å². The van der Waals surface area contributed by atoms with Crippen LogP contribution in [-0.4, -0.2) is 62.6 Å². The van der Waals surface area contributed by atoms with Crippen LogP contribution in [0.1, 0.15) is 42.9 Å².